The summed E-state index contributed by atoms with van der Waals surface area (Å²) in [6, 6.07) is 7.74. The largest absolute Gasteiger partial charge is 0.413 e. The van der Waals surface area contributed by atoms with Gasteiger partial charge in [-0.25, -0.2) is 0 Å². The molecule has 0 radical (unpaired) electrons. The number of nitrogens with zero attached hydrogens (tertiary/aromatic N) is 1. The van der Waals surface area contributed by atoms with Crippen LogP contribution in [0.1, 0.15) is 58.1 Å². The van der Waals surface area contributed by atoms with Crippen molar-refractivity contribution in [3.8, 4) is 0 Å². The smallest absolute Gasteiger partial charge is 0.369 e. The van der Waals surface area contributed by atoms with Gasteiger partial charge in [-0.3, -0.25) is 14.5 Å². The van der Waals surface area contributed by atoms with Crippen molar-refractivity contribution in [3.63, 3.8) is 0 Å². The van der Waals surface area contributed by atoms with Gasteiger partial charge in [0.05, 0.1) is 12.0 Å². The molecule has 1 heterocycles. The Hall–Kier alpha value is -3.91. The van der Waals surface area contributed by atoms with Crippen LogP contribution in [0.3, 0.4) is 0 Å². The number of piperidine rings is 1. The molecule has 1 saturated heterocycles. The van der Waals surface area contributed by atoms with Gasteiger partial charge in [0.1, 0.15) is 0 Å². The molecule has 1 fully saturated rings. The molecular formula is C37H42F3N3O2. The number of alkyl halides is 3. The molecule has 3 aliphatic carbocycles. The van der Waals surface area contributed by atoms with Crippen molar-refractivity contribution < 1.29 is 22.8 Å². The molecule has 5 nitrogen and oxygen atoms in total. The molecule has 5 atom stereocenters. The van der Waals surface area contributed by atoms with E-state index in [2.05, 4.69) is 41.4 Å². The van der Waals surface area contributed by atoms with E-state index in [1.54, 1.807) is 19.1 Å². The number of carbonyl (C=O) groups is 2. The minimum absolute atomic E-state index is 0.0455. The van der Waals surface area contributed by atoms with E-state index >= 15 is 0 Å². The number of hydrogen-bond donors (Lipinski definition) is 2. The Morgan fingerprint density at radius 2 is 1.80 bits per heavy atom. The van der Waals surface area contributed by atoms with Gasteiger partial charge in [0, 0.05) is 29.1 Å². The molecule has 3 N–H and O–H groups in total. The van der Waals surface area contributed by atoms with Crippen LogP contribution in [0.4, 0.5) is 13.2 Å². The van der Waals surface area contributed by atoms with Crippen molar-refractivity contribution >= 4 is 17.4 Å². The lowest BCUT2D eigenvalue weighted by atomic mass is 9.76. The van der Waals surface area contributed by atoms with Crippen LogP contribution in [0.15, 0.2) is 101 Å². The molecule has 0 saturated carbocycles. The minimum atomic E-state index is -4.44. The van der Waals surface area contributed by atoms with Crippen LogP contribution in [0, 0.1) is 17.8 Å². The Labute approximate surface area is 263 Å². The summed E-state index contributed by atoms with van der Waals surface area (Å²) in [6.07, 6.45) is 13.9. The third kappa shape index (κ3) is 6.86. The highest BCUT2D eigenvalue weighted by atomic mass is 19.4. The molecule has 0 spiro atoms. The molecule has 8 heteroatoms. The predicted molar refractivity (Wildman–Crippen MR) is 172 cm³/mol. The van der Waals surface area contributed by atoms with Crippen molar-refractivity contribution in [2.24, 2.45) is 23.5 Å². The van der Waals surface area contributed by atoms with Crippen molar-refractivity contribution in [2.45, 2.75) is 71.3 Å². The number of primary amides is 1. The third-order valence-electron chi connectivity index (χ3n) is 9.77. The molecule has 4 aliphatic rings. The summed E-state index contributed by atoms with van der Waals surface area (Å²) in [5.41, 5.74) is 10.1. The first-order valence-electron chi connectivity index (χ1n) is 15.7. The number of amides is 2. The molecule has 1 aromatic rings. The predicted octanol–water partition coefficient (Wildman–Crippen LogP) is 7.11. The second kappa shape index (κ2) is 12.8. The number of nitrogens with two attached hydrogens (primary N) is 1. The zero-order valence-corrected chi connectivity index (χ0v) is 26.3. The van der Waals surface area contributed by atoms with Gasteiger partial charge in [-0.15, -0.1) is 0 Å². The summed E-state index contributed by atoms with van der Waals surface area (Å²) in [6.45, 7) is 9.11. The van der Waals surface area contributed by atoms with Gasteiger partial charge in [-0.05, 0) is 85.6 Å². The molecule has 5 rings (SSSR count). The van der Waals surface area contributed by atoms with Crippen molar-refractivity contribution in [3.05, 3.63) is 112 Å². The summed E-state index contributed by atoms with van der Waals surface area (Å²) < 4.78 is 40.8. The topological polar surface area (TPSA) is 75.4 Å². The Balaban J connectivity index is 1.26. The molecule has 1 aliphatic heterocycles. The fourth-order valence-electron chi connectivity index (χ4n) is 6.95. The number of rotatable bonds is 7. The summed E-state index contributed by atoms with van der Waals surface area (Å²) in [7, 11) is 0. The standard InChI is InChI=1S/C37H42F3N3O2/c1-23-8-5-10-28(21-32(23)37(38,39)40)25(3)42-35(45)29-17-18-36(4)30(20-29)11-7-19-43(36)22-26-13-15-27(16-14-26)31-12-6-9-24(2)33(31)34(41)44/h5-6,8-10,12-17,20-21,23-25,33H,7,11,18-19,22H2,1-4H3,(H2,41,44)(H,42,45)/t23-,24?,25+,33?,36?/m1/s1. The highest BCUT2D eigenvalue weighted by Gasteiger charge is 2.40. The van der Waals surface area contributed by atoms with Gasteiger partial charge < -0.3 is 11.1 Å². The number of carbonyl (C=O) groups excluding carboxylic acids is 2. The van der Waals surface area contributed by atoms with E-state index in [4.69, 9.17) is 5.73 Å². The summed E-state index contributed by atoms with van der Waals surface area (Å²) in [5, 5.41) is 2.92. The van der Waals surface area contributed by atoms with E-state index in [-0.39, 0.29) is 29.2 Å². The third-order valence-corrected chi connectivity index (χ3v) is 9.77. The van der Waals surface area contributed by atoms with E-state index in [0.717, 1.165) is 48.7 Å². The first kappa shape index (κ1) is 32.5. The number of allylic oxidation sites excluding steroid dienone is 7. The van der Waals surface area contributed by atoms with E-state index in [1.807, 2.05) is 37.3 Å². The summed E-state index contributed by atoms with van der Waals surface area (Å²) >= 11 is 0. The molecule has 238 valence electrons. The Kier molecular flexibility index (Phi) is 9.26. The van der Waals surface area contributed by atoms with Gasteiger partial charge >= 0.3 is 6.18 Å². The fourth-order valence-corrected chi connectivity index (χ4v) is 6.95. The van der Waals surface area contributed by atoms with E-state index in [0.29, 0.717) is 17.6 Å². The normalized spacial score (nSPS) is 27.6. The van der Waals surface area contributed by atoms with Gasteiger partial charge in [-0.1, -0.05) is 80.6 Å². The first-order chi connectivity index (χ1) is 21.3. The minimum Gasteiger partial charge on any atom is -0.369 e. The van der Waals surface area contributed by atoms with Gasteiger partial charge in [0.25, 0.3) is 5.91 Å². The molecule has 2 amide bonds. The first-order valence-corrected chi connectivity index (χ1v) is 15.7. The summed E-state index contributed by atoms with van der Waals surface area (Å²) in [4.78, 5) is 27.9. The maximum atomic E-state index is 13.6. The van der Waals surface area contributed by atoms with E-state index < -0.39 is 23.7 Å². The lowest BCUT2D eigenvalue weighted by molar-refractivity contribution is -0.121. The number of halogens is 3. The fraction of sp³-hybridized carbons (Fsp3) is 0.405. The second-order valence-corrected chi connectivity index (χ2v) is 12.9. The molecular weight excluding hydrogens is 575 g/mol. The lowest BCUT2D eigenvalue weighted by Gasteiger charge is -2.48. The number of fused-ring (bicyclic) bond motifs is 1. The molecule has 1 aromatic carbocycles. The lowest BCUT2D eigenvalue weighted by Crippen LogP contribution is -2.51. The maximum Gasteiger partial charge on any atom is 0.413 e. The van der Waals surface area contributed by atoms with Crippen LogP contribution in [-0.4, -0.2) is 41.0 Å². The Bertz CT molecular complexity index is 1560. The van der Waals surface area contributed by atoms with Crippen LogP contribution in [0.5, 0.6) is 0 Å². The number of hydrogen-bond acceptors (Lipinski definition) is 3. The van der Waals surface area contributed by atoms with Crippen molar-refractivity contribution in [2.75, 3.05) is 6.54 Å². The van der Waals surface area contributed by atoms with Crippen LogP contribution in [-0.2, 0) is 16.1 Å². The van der Waals surface area contributed by atoms with Crippen LogP contribution < -0.4 is 11.1 Å². The SMILES string of the molecule is CC1C=CC=C(c2ccc(CN3CCCC4=CC(C(=O)N[C@@H](C)C5=CC=C[C@@H](C)C(C(F)(F)F)=C5)=CCC43C)cc2)C1C(N)=O. The van der Waals surface area contributed by atoms with E-state index in [9.17, 15) is 22.8 Å². The molecule has 0 bridgehead atoms. The van der Waals surface area contributed by atoms with Crippen LogP contribution >= 0.6 is 0 Å². The molecule has 3 unspecified atom stereocenters. The highest BCUT2D eigenvalue weighted by Crippen LogP contribution is 2.41. The zero-order valence-electron chi connectivity index (χ0n) is 26.3. The quantitative estimate of drug-likeness (QED) is 0.342. The Morgan fingerprint density at radius 1 is 1.09 bits per heavy atom. The van der Waals surface area contributed by atoms with Crippen LogP contribution in [0.25, 0.3) is 5.57 Å². The zero-order chi connectivity index (χ0) is 32.5. The van der Waals surface area contributed by atoms with Crippen molar-refractivity contribution in [1.29, 1.82) is 0 Å². The summed E-state index contributed by atoms with van der Waals surface area (Å²) in [5.74, 6) is -1.68. The average Bonchev–Trinajstić information content (AvgIpc) is 3.19. The average molecular weight is 618 g/mol. The molecule has 0 aromatic heterocycles. The maximum absolute atomic E-state index is 13.6. The van der Waals surface area contributed by atoms with Gasteiger partial charge in [-0.2, -0.15) is 13.2 Å². The van der Waals surface area contributed by atoms with Crippen LogP contribution in [0.2, 0.25) is 0 Å². The van der Waals surface area contributed by atoms with Crippen molar-refractivity contribution in [1.82, 2.24) is 10.2 Å². The Morgan fingerprint density at radius 3 is 2.49 bits per heavy atom. The van der Waals surface area contributed by atoms with Gasteiger partial charge in [0.15, 0.2) is 0 Å². The highest BCUT2D eigenvalue weighted by molar-refractivity contribution is 5.97. The van der Waals surface area contributed by atoms with Gasteiger partial charge in [0.2, 0.25) is 5.91 Å². The van der Waals surface area contributed by atoms with E-state index in [1.165, 1.54) is 18.6 Å². The second-order valence-electron chi connectivity index (χ2n) is 12.9. The molecule has 45 heavy (non-hydrogen) atoms. The monoisotopic (exact) mass is 617 g/mol. The number of nitrogens with one attached hydrogen (secondary N) is 1. The number of likely N-dealkylation sites (tertiary alicyclic amines) is 1. The number of benzene rings is 1.